The lowest BCUT2D eigenvalue weighted by Gasteiger charge is -2.09. The third-order valence-electron chi connectivity index (χ3n) is 2.50. The van der Waals surface area contributed by atoms with E-state index in [4.69, 9.17) is 16.6 Å². The fraction of sp³-hybridized carbons (Fsp3) is 0. The molecule has 6 nitrogen and oxygen atoms in total. The molecule has 0 aliphatic rings. The number of thiocarbonyl (C=S) groups is 1. The second kappa shape index (κ2) is 7.75. The standard InChI is InChI=1S/C15H13N3O3S/c19-13(9-8-12-7-4-10-21-12)16-15(22)18-17-14(20)11-5-2-1-3-6-11/h1-10H,(H,17,20)(H2,16,18,19,22). The van der Waals surface area contributed by atoms with E-state index in [9.17, 15) is 9.59 Å². The topological polar surface area (TPSA) is 83.4 Å². The molecule has 0 aliphatic heterocycles. The summed E-state index contributed by atoms with van der Waals surface area (Å²) in [6.45, 7) is 0. The van der Waals surface area contributed by atoms with Crippen molar-refractivity contribution in [2.45, 2.75) is 0 Å². The molecule has 2 amide bonds. The molecule has 0 fully saturated rings. The highest BCUT2D eigenvalue weighted by Gasteiger charge is 2.05. The van der Waals surface area contributed by atoms with Crippen LogP contribution in [0.25, 0.3) is 6.08 Å². The number of furan rings is 1. The van der Waals surface area contributed by atoms with Gasteiger partial charge in [0.15, 0.2) is 5.11 Å². The Balaban J connectivity index is 1.76. The molecular weight excluding hydrogens is 302 g/mol. The molecule has 1 heterocycles. The minimum atomic E-state index is -0.442. The SMILES string of the molecule is O=C(C=Cc1ccco1)NC(=S)NNC(=O)c1ccccc1. The first-order valence-electron chi connectivity index (χ1n) is 6.33. The van der Waals surface area contributed by atoms with E-state index >= 15 is 0 Å². The predicted octanol–water partition coefficient (Wildman–Crippen LogP) is 1.63. The maximum absolute atomic E-state index is 11.7. The van der Waals surface area contributed by atoms with E-state index in [2.05, 4.69) is 16.2 Å². The fourth-order valence-corrected chi connectivity index (χ4v) is 1.66. The van der Waals surface area contributed by atoms with Gasteiger partial charge in [0.2, 0.25) is 5.91 Å². The maximum atomic E-state index is 11.7. The molecule has 0 radical (unpaired) electrons. The van der Waals surface area contributed by atoms with Crippen molar-refractivity contribution < 1.29 is 14.0 Å². The van der Waals surface area contributed by atoms with Crippen LogP contribution in [0.15, 0.2) is 59.2 Å². The first kappa shape index (κ1) is 15.5. The summed E-state index contributed by atoms with van der Waals surface area (Å²) in [7, 11) is 0. The van der Waals surface area contributed by atoms with Crippen LogP contribution in [-0.4, -0.2) is 16.9 Å². The molecule has 0 saturated heterocycles. The van der Waals surface area contributed by atoms with Crippen LogP contribution in [-0.2, 0) is 4.79 Å². The van der Waals surface area contributed by atoms with Crippen molar-refractivity contribution >= 4 is 35.2 Å². The highest BCUT2D eigenvalue weighted by Crippen LogP contribution is 2.01. The number of rotatable bonds is 3. The van der Waals surface area contributed by atoms with Crippen molar-refractivity contribution in [1.82, 2.24) is 16.2 Å². The van der Waals surface area contributed by atoms with Crippen molar-refractivity contribution in [3.63, 3.8) is 0 Å². The summed E-state index contributed by atoms with van der Waals surface area (Å²) in [6, 6.07) is 12.0. The number of hydrogen-bond acceptors (Lipinski definition) is 4. The van der Waals surface area contributed by atoms with E-state index in [-0.39, 0.29) is 11.0 Å². The third kappa shape index (κ3) is 4.88. The highest BCUT2D eigenvalue weighted by atomic mass is 32.1. The summed E-state index contributed by atoms with van der Waals surface area (Å²) in [5.74, 6) is -0.252. The molecular formula is C15H13N3O3S. The van der Waals surface area contributed by atoms with Gasteiger partial charge in [0, 0.05) is 11.6 Å². The molecule has 0 saturated carbocycles. The molecule has 0 atom stereocenters. The van der Waals surface area contributed by atoms with Gasteiger partial charge in [0.05, 0.1) is 6.26 Å². The first-order chi connectivity index (χ1) is 10.6. The molecule has 0 bridgehead atoms. The Hall–Kier alpha value is -2.93. The normalized spacial score (nSPS) is 10.2. The van der Waals surface area contributed by atoms with E-state index in [1.807, 2.05) is 0 Å². The summed E-state index contributed by atoms with van der Waals surface area (Å²) in [5, 5.41) is 2.37. The minimum Gasteiger partial charge on any atom is -0.465 e. The average molecular weight is 315 g/mol. The van der Waals surface area contributed by atoms with Gasteiger partial charge in [-0.3, -0.25) is 25.8 Å². The van der Waals surface area contributed by atoms with E-state index in [0.717, 1.165) is 0 Å². The van der Waals surface area contributed by atoms with Crippen molar-refractivity contribution in [3.05, 3.63) is 66.1 Å². The second-order valence-corrected chi connectivity index (χ2v) is 4.52. The summed E-state index contributed by atoms with van der Waals surface area (Å²) < 4.78 is 5.04. The van der Waals surface area contributed by atoms with Crippen LogP contribution < -0.4 is 16.2 Å². The number of carbonyl (C=O) groups is 2. The van der Waals surface area contributed by atoms with Crippen LogP contribution >= 0.6 is 12.2 Å². The molecule has 0 aliphatic carbocycles. The Morgan fingerprint density at radius 1 is 1.05 bits per heavy atom. The molecule has 1 aromatic carbocycles. The maximum Gasteiger partial charge on any atom is 0.269 e. The average Bonchev–Trinajstić information content (AvgIpc) is 3.05. The molecule has 22 heavy (non-hydrogen) atoms. The molecule has 0 spiro atoms. The highest BCUT2D eigenvalue weighted by molar-refractivity contribution is 7.80. The number of benzene rings is 1. The Kier molecular flexibility index (Phi) is 5.44. The summed E-state index contributed by atoms with van der Waals surface area (Å²) in [6.07, 6.45) is 4.27. The van der Waals surface area contributed by atoms with E-state index in [1.54, 1.807) is 42.5 Å². The van der Waals surface area contributed by atoms with Crippen LogP contribution in [0.1, 0.15) is 16.1 Å². The van der Waals surface area contributed by atoms with Crippen LogP contribution in [0.2, 0.25) is 0 Å². The molecule has 7 heteroatoms. The monoisotopic (exact) mass is 315 g/mol. The number of nitrogens with one attached hydrogen (secondary N) is 3. The molecule has 0 unspecified atom stereocenters. The molecule has 3 N–H and O–H groups in total. The molecule has 1 aromatic heterocycles. The largest absolute Gasteiger partial charge is 0.465 e. The smallest absolute Gasteiger partial charge is 0.269 e. The Morgan fingerprint density at radius 2 is 1.82 bits per heavy atom. The quantitative estimate of drug-likeness (QED) is 0.455. The van der Waals surface area contributed by atoms with Gasteiger partial charge in [0.1, 0.15) is 5.76 Å². The van der Waals surface area contributed by atoms with Crippen LogP contribution in [0, 0.1) is 0 Å². The predicted molar refractivity (Wildman–Crippen MR) is 85.5 cm³/mol. The van der Waals surface area contributed by atoms with Gasteiger partial charge < -0.3 is 4.42 Å². The van der Waals surface area contributed by atoms with Gasteiger partial charge in [-0.15, -0.1) is 0 Å². The van der Waals surface area contributed by atoms with E-state index in [0.29, 0.717) is 11.3 Å². The second-order valence-electron chi connectivity index (χ2n) is 4.11. The number of carbonyl (C=O) groups excluding carboxylic acids is 2. The Bertz CT molecular complexity index is 681. The zero-order valence-electron chi connectivity index (χ0n) is 11.4. The Morgan fingerprint density at radius 3 is 2.50 bits per heavy atom. The van der Waals surface area contributed by atoms with Gasteiger partial charge in [-0.25, -0.2) is 0 Å². The zero-order valence-corrected chi connectivity index (χ0v) is 12.2. The molecule has 112 valence electrons. The van der Waals surface area contributed by atoms with E-state index < -0.39 is 5.91 Å². The Labute approximate surface area is 132 Å². The summed E-state index contributed by atoms with van der Waals surface area (Å²) >= 11 is 4.90. The zero-order chi connectivity index (χ0) is 15.8. The van der Waals surface area contributed by atoms with Crippen molar-refractivity contribution in [1.29, 1.82) is 0 Å². The van der Waals surface area contributed by atoms with Crippen molar-refractivity contribution in [2.24, 2.45) is 0 Å². The minimum absolute atomic E-state index is 0.0154. The third-order valence-corrected chi connectivity index (χ3v) is 2.71. The van der Waals surface area contributed by atoms with Crippen LogP contribution in [0.3, 0.4) is 0 Å². The molecule has 2 aromatic rings. The molecule has 2 rings (SSSR count). The van der Waals surface area contributed by atoms with E-state index in [1.165, 1.54) is 18.4 Å². The van der Waals surface area contributed by atoms with Crippen LogP contribution in [0.4, 0.5) is 0 Å². The summed E-state index contributed by atoms with van der Waals surface area (Å²) in [5.41, 5.74) is 5.31. The number of hydrogen-bond donors (Lipinski definition) is 3. The van der Waals surface area contributed by atoms with Gasteiger partial charge in [-0.05, 0) is 42.6 Å². The van der Waals surface area contributed by atoms with Gasteiger partial charge >= 0.3 is 0 Å². The van der Waals surface area contributed by atoms with Gasteiger partial charge in [0.25, 0.3) is 5.91 Å². The lowest BCUT2D eigenvalue weighted by molar-refractivity contribution is -0.115. The van der Waals surface area contributed by atoms with Crippen molar-refractivity contribution in [3.8, 4) is 0 Å². The fourth-order valence-electron chi connectivity index (χ4n) is 1.50. The summed E-state index contributed by atoms with van der Waals surface area (Å²) in [4.78, 5) is 23.3. The van der Waals surface area contributed by atoms with Crippen LogP contribution in [0.5, 0.6) is 0 Å². The lowest BCUT2D eigenvalue weighted by atomic mass is 10.2. The van der Waals surface area contributed by atoms with Crippen molar-refractivity contribution in [2.75, 3.05) is 0 Å². The van der Waals surface area contributed by atoms with Gasteiger partial charge in [-0.2, -0.15) is 0 Å². The first-order valence-corrected chi connectivity index (χ1v) is 6.74. The van der Waals surface area contributed by atoms with Gasteiger partial charge in [-0.1, -0.05) is 18.2 Å². The lowest BCUT2D eigenvalue weighted by Crippen LogP contribution is -2.48. The number of amides is 2. The number of hydrazine groups is 1.